The second kappa shape index (κ2) is 7.22. The van der Waals surface area contributed by atoms with Crippen LogP contribution in [0.25, 0.3) is 0 Å². The Balaban J connectivity index is 1.36. The Labute approximate surface area is 150 Å². The van der Waals surface area contributed by atoms with Crippen LogP contribution >= 0.6 is 0 Å². The third-order valence-corrected chi connectivity index (χ3v) is 5.83. The first kappa shape index (κ1) is 16.7. The maximum atomic E-state index is 6.18. The first-order valence-corrected chi connectivity index (χ1v) is 9.33. The van der Waals surface area contributed by atoms with E-state index in [2.05, 4.69) is 33.9 Å². The van der Waals surface area contributed by atoms with Crippen LogP contribution in [0.4, 0.5) is 0 Å². The van der Waals surface area contributed by atoms with E-state index in [1.807, 2.05) is 30.9 Å². The van der Waals surface area contributed by atoms with Gasteiger partial charge in [-0.2, -0.15) is 0 Å². The molecule has 0 unspecified atom stereocenters. The molecule has 1 saturated heterocycles. The molecular formula is C21H27N3O. The van der Waals surface area contributed by atoms with Gasteiger partial charge in [-0.3, -0.25) is 14.9 Å². The van der Waals surface area contributed by atoms with Crippen LogP contribution in [0.15, 0.2) is 43.0 Å². The van der Waals surface area contributed by atoms with Crippen LogP contribution in [0.2, 0.25) is 0 Å². The fourth-order valence-electron chi connectivity index (χ4n) is 4.70. The van der Waals surface area contributed by atoms with Crippen molar-refractivity contribution in [1.82, 2.24) is 14.9 Å². The summed E-state index contributed by atoms with van der Waals surface area (Å²) in [5.41, 5.74) is 4.03. The number of rotatable bonds is 6. The minimum Gasteiger partial charge on any atom is -0.376 e. The molecule has 2 fully saturated rings. The van der Waals surface area contributed by atoms with Gasteiger partial charge in [-0.25, -0.2) is 0 Å². The molecule has 0 bridgehead atoms. The molecule has 4 heteroatoms. The average Bonchev–Trinajstić information content (AvgIpc) is 3.12. The zero-order valence-electron chi connectivity index (χ0n) is 15.0. The Hall–Kier alpha value is -1.78. The highest BCUT2D eigenvalue weighted by molar-refractivity contribution is 5.15. The van der Waals surface area contributed by atoms with Crippen molar-refractivity contribution >= 4 is 0 Å². The highest BCUT2D eigenvalue weighted by atomic mass is 16.5. The summed E-state index contributed by atoms with van der Waals surface area (Å²) >= 11 is 0. The van der Waals surface area contributed by atoms with Gasteiger partial charge in [0.05, 0.1) is 13.2 Å². The van der Waals surface area contributed by atoms with Crippen LogP contribution in [0.1, 0.15) is 36.0 Å². The lowest BCUT2D eigenvalue weighted by atomic mass is 9.81. The average molecular weight is 337 g/mol. The first-order valence-electron chi connectivity index (χ1n) is 9.33. The maximum absolute atomic E-state index is 6.18. The van der Waals surface area contributed by atoms with Crippen LogP contribution in [0.5, 0.6) is 0 Å². The third kappa shape index (κ3) is 3.75. The number of fused-ring (bicyclic) bond motifs is 1. The first-order chi connectivity index (χ1) is 12.2. The molecular weight excluding hydrogens is 310 g/mol. The minimum absolute atomic E-state index is 0.347. The summed E-state index contributed by atoms with van der Waals surface area (Å²) in [6, 6.07) is 6.37. The summed E-state index contributed by atoms with van der Waals surface area (Å²) in [6.45, 7) is 6.98. The standard InChI is InChI=1S/C21H27N3O/c1-17-8-19(11-23-9-17)14-25-16-21-6-2-5-20(21)13-24(15-21)12-18-4-3-7-22-10-18/h3-4,7-11,20H,2,5-6,12-16H2,1H3/t20-,21+/m1/s1. The molecule has 0 N–H and O–H groups in total. The smallest absolute Gasteiger partial charge is 0.0732 e. The number of aryl methyl sites for hydroxylation is 1. The Bertz CT molecular complexity index is 705. The summed E-state index contributed by atoms with van der Waals surface area (Å²) in [5, 5.41) is 0. The van der Waals surface area contributed by atoms with Crippen molar-refractivity contribution in [2.75, 3.05) is 19.7 Å². The monoisotopic (exact) mass is 337 g/mol. The van der Waals surface area contributed by atoms with Crippen molar-refractivity contribution in [2.45, 2.75) is 39.3 Å². The normalized spacial score (nSPS) is 26.0. The Kier molecular flexibility index (Phi) is 4.82. The number of hydrogen-bond acceptors (Lipinski definition) is 4. The molecule has 132 valence electrons. The maximum Gasteiger partial charge on any atom is 0.0732 e. The molecule has 0 spiro atoms. The van der Waals surface area contributed by atoms with E-state index in [-0.39, 0.29) is 0 Å². The summed E-state index contributed by atoms with van der Waals surface area (Å²) in [7, 11) is 0. The van der Waals surface area contributed by atoms with Crippen LogP contribution in [0.3, 0.4) is 0 Å². The topological polar surface area (TPSA) is 38.2 Å². The van der Waals surface area contributed by atoms with Crippen LogP contribution in [-0.2, 0) is 17.9 Å². The summed E-state index contributed by atoms with van der Waals surface area (Å²) in [4.78, 5) is 11.1. The molecule has 2 aromatic heterocycles. The van der Waals surface area contributed by atoms with Crippen molar-refractivity contribution in [1.29, 1.82) is 0 Å². The van der Waals surface area contributed by atoms with E-state index in [9.17, 15) is 0 Å². The van der Waals surface area contributed by atoms with Gasteiger partial charge in [0, 0.05) is 49.8 Å². The molecule has 0 amide bonds. The zero-order chi connectivity index (χ0) is 17.1. The minimum atomic E-state index is 0.347. The highest BCUT2D eigenvalue weighted by Gasteiger charge is 2.49. The molecule has 1 aliphatic carbocycles. The van der Waals surface area contributed by atoms with Gasteiger partial charge in [-0.05, 0) is 48.4 Å². The fourth-order valence-corrected chi connectivity index (χ4v) is 4.70. The lowest BCUT2D eigenvalue weighted by Crippen LogP contribution is -2.32. The van der Waals surface area contributed by atoms with Gasteiger partial charge in [-0.1, -0.05) is 18.6 Å². The van der Waals surface area contributed by atoms with E-state index in [0.717, 1.165) is 25.6 Å². The molecule has 4 rings (SSSR count). The van der Waals surface area contributed by atoms with Crippen LogP contribution in [-0.4, -0.2) is 34.6 Å². The van der Waals surface area contributed by atoms with Crippen molar-refractivity contribution < 1.29 is 4.74 Å². The molecule has 25 heavy (non-hydrogen) atoms. The van der Waals surface area contributed by atoms with Gasteiger partial charge in [0.15, 0.2) is 0 Å². The predicted octanol–water partition coefficient (Wildman–Crippen LogP) is 3.60. The largest absolute Gasteiger partial charge is 0.376 e. The third-order valence-electron chi connectivity index (χ3n) is 5.83. The lowest BCUT2D eigenvalue weighted by molar-refractivity contribution is 0.0265. The summed E-state index contributed by atoms with van der Waals surface area (Å²) in [5.74, 6) is 0.778. The Morgan fingerprint density at radius 2 is 2.16 bits per heavy atom. The molecule has 3 heterocycles. The molecule has 1 aliphatic heterocycles. The van der Waals surface area contributed by atoms with Gasteiger partial charge in [0.1, 0.15) is 0 Å². The predicted molar refractivity (Wildman–Crippen MR) is 97.9 cm³/mol. The van der Waals surface area contributed by atoms with Crippen molar-refractivity contribution in [2.24, 2.45) is 11.3 Å². The molecule has 0 radical (unpaired) electrons. The molecule has 1 saturated carbocycles. The second-order valence-corrected chi connectivity index (χ2v) is 7.85. The Morgan fingerprint density at radius 3 is 3.00 bits per heavy atom. The van der Waals surface area contributed by atoms with E-state index < -0.39 is 0 Å². The van der Waals surface area contributed by atoms with E-state index in [1.54, 1.807) is 0 Å². The zero-order valence-corrected chi connectivity index (χ0v) is 15.0. The molecule has 2 aliphatic rings. The van der Waals surface area contributed by atoms with Crippen molar-refractivity contribution in [3.8, 4) is 0 Å². The van der Waals surface area contributed by atoms with Crippen molar-refractivity contribution in [3.05, 3.63) is 59.7 Å². The summed E-state index contributed by atoms with van der Waals surface area (Å²) in [6.07, 6.45) is 11.6. The van der Waals surface area contributed by atoms with E-state index in [4.69, 9.17) is 4.74 Å². The number of nitrogens with zero attached hydrogens (tertiary/aromatic N) is 3. The van der Waals surface area contributed by atoms with Crippen LogP contribution in [0, 0.1) is 18.3 Å². The van der Waals surface area contributed by atoms with Gasteiger partial charge < -0.3 is 4.74 Å². The van der Waals surface area contributed by atoms with E-state index in [1.165, 1.54) is 42.5 Å². The van der Waals surface area contributed by atoms with Crippen LogP contribution < -0.4 is 0 Å². The van der Waals surface area contributed by atoms with E-state index in [0.29, 0.717) is 12.0 Å². The van der Waals surface area contributed by atoms with Gasteiger partial charge in [0.2, 0.25) is 0 Å². The van der Waals surface area contributed by atoms with E-state index >= 15 is 0 Å². The number of ether oxygens (including phenoxy) is 1. The molecule has 4 nitrogen and oxygen atoms in total. The SMILES string of the molecule is Cc1cncc(COC[C@@]23CCC[C@@H]2CN(Cc2cccnc2)C3)c1. The Morgan fingerprint density at radius 1 is 1.24 bits per heavy atom. The fraction of sp³-hybridized carbons (Fsp3) is 0.524. The number of hydrogen-bond donors (Lipinski definition) is 0. The van der Waals surface area contributed by atoms with Gasteiger partial charge >= 0.3 is 0 Å². The second-order valence-electron chi connectivity index (χ2n) is 7.85. The van der Waals surface area contributed by atoms with Gasteiger partial charge in [-0.15, -0.1) is 0 Å². The lowest BCUT2D eigenvalue weighted by Gasteiger charge is -2.29. The summed E-state index contributed by atoms with van der Waals surface area (Å²) < 4.78 is 6.18. The molecule has 0 aromatic carbocycles. The van der Waals surface area contributed by atoms with Crippen molar-refractivity contribution in [3.63, 3.8) is 0 Å². The molecule has 2 aromatic rings. The highest BCUT2D eigenvalue weighted by Crippen LogP contribution is 2.49. The number of likely N-dealkylation sites (tertiary alicyclic amines) is 1. The van der Waals surface area contributed by atoms with Gasteiger partial charge in [0.25, 0.3) is 0 Å². The number of aromatic nitrogens is 2. The molecule has 2 atom stereocenters. The quantitative estimate of drug-likeness (QED) is 0.807. The number of pyridine rings is 2.